The SMILES string of the molecule is CCOc1ccccc1NC(=O)CN1CCCC1C(C)(C)O. The molecule has 1 saturated heterocycles. The van der Waals surface area contributed by atoms with Crippen molar-refractivity contribution in [2.75, 3.05) is 25.0 Å². The summed E-state index contributed by atoms with van der Waals surface area (Å²) < 4.78 is 5.51. The van der Waals surface area contributed by atoms with Crippen LogP contribution in [0.4, 0.5) is 5.69 Å². The molecule has 1 aliphatic heterocycles. The first-order valence-corrected chi connectivity index (χ1v) is 7.90. The third kappa shape index (κ3) is 4.21. The third-order valence-electron chi connectivity index (χ3n) is 3.99. The Morgan fingerprint density at radius 1 is 1.45 bits per heavy atom. The maximum Gasteiger partial charge on any atom is 0.238 e. The minimum Gasteiger partial charge on any atom is -0.492 e. The van der Waals surface area contributed by atoms with Crippen molar-refractivity contribution in [2.24, 2.45) is 0 Å². The molecular weight excluding hydrogens is 280 g/mol. The molecule has 22 heavy (non-hydrogen) atoms. The van der Waals surface area contributed by atoms with E-state index >= 15 is 0 Å². The fourth-order valence-corrected chi connectivity index (χ4v) is 3.04. The summed E-state index contributed by atoms with van der Waals surface area (Å²) in [7, 11) is 0. The third-order valence-corrected chi connectivity index (χ3v) is 3.99. The van der Waals surface area contributed by atoms with Crippen molar-refractivity contribution in [1.29, 1.82) is 0 Å². The lowest BCUT2D eigenvalue weighted by molar-refractivity contribution is -0.118. The second-order valence-corrected chi connectivity index (χ2v) is 6.26. The van der Waals surface area contributed by atoms with Crippen molar-refractivity contribution in [2.45, 2.75) is 45.3 Å². The Kier molecular flexibility index (Phi) is 5.42. The summed E-state index contributed by atoms with van der Waals surface area (Å²) in [6.45, 7) is 7.21. The fourth-order valence-electron chi connectivity index (χ4n) is 3.04. The molecule has 2 N–H and O–H groups in total. The lowest BCUT2D eigenvalue weighted by atomic mass is 9.97. The molecule has 1 fully saturated rings. The second kappa shape index (κ2) is 7.11. The Bertz CT molecular complexity index is 511. The maximum absolute atomic E-state index is 12.3. The van der Waals surface area contributed by atoms with Gasteiger partial charge >= 0.3 is 0 Å². The smallest absolute Gasteiger partial charge is 0.238 e. The molecule has 2 rings (SSSR count). The molecule has 5 nitrogen and oxygen atoms in total. The average Bonchev–Trinajstić information content (AvgIpc) is 2.89. The van der Waals surface area contributed by atoms with Gasteiger partial charge in [-0.1, -0.05) is 12.1 Å². The van der Waals surface area contributed by atoms with E-state index < -0.39 is 5.60 Å². The minimum atomic E-state index is -0.792. The standard InChI is InChI=1S/C17H26N2O3/c1-4-22-14-9-6-5-8-13(14)18-16(20)12-19-11-7-10-15(19)17(2,3)21/h5-6,8-9,15,21H,4,7,10-12H2,1-3H3,(H,18,20). The molecule has 0 aromatic heterocycles. The first-order chi connectivity index (χ1) is 10.4. The lowest BCUT2D eigenvalue weighted by Gasteiger charge is -2.33. The van der Waals surface area contributed by atoms with Crippen LogP contribution < -0.4 is 10.1 Å². The van der Waals surface area contributed by atoms with Crippen LogP contribution >= 0.6 is 0 Å². The van der Waals surface area contributed by atoms with E-state index in [0.29, 0.717) is 18.0 Å². The molecule has 0 bridgehead atoms. The molecule has 1 aromatic carbocycles. The molecule has 1 atom stereocenters. The Labute approximate surface area is 132 Å². The zero-order chi connectivity index (χ0) is 16.2. The van der Waals surface area contributed by atoms with Crippen molar-refractivity contribution in [3.05, 3.63) is 24.3 Å². The van der Waals surface area contributed by atoms with Gasteiger partial charge in [0.05, 0.1) is 24.4 Å². The minimum absolute atomic E-state index is 0.0281. The van der Waals surface area contributed by atoms with Gasteiger partial charge in [0.25, 0.3) is 0 Å². The summed E-state index contributed by atoms with van der Waals surface area (Å²) in [5.41, 5.74) is -0.103. The highest BCUT2D eigenvalue weighted by Crippen LogP contribution is 2.27. The van der Waals surface area contributed by atoms with E-state index in [-0.39, 0.29) is 18.5 Å². The van der Waals surface area contributed by atoms with E-state index in [0.717, 1.165) is 19.4 Å². The summed E-state index contributed by atoms with van der Waals surface area (Å²) in [6.07, 6.45) is 1.93. The number of benzene rings is 1. The molecule has 0 radical (unpaired) electrons. The zero-order valence-corrected chi connectivity index (χ0v) is 13.6. The number of aliphatic hydroxyl groups is 1. The molecule has 1 aliphatic rings. The molecule has 1 amide bonds. The fraction of sp³-hybridized carbons (Fsp3) is 0.588. The van der Waals surface area contributed by atoms with Crippen LogP contribution in [-0.4, -0.2) is 47.3 Å². The number of nitrogens with one attached hydrogen (secondary N) is 1. The topological polar surface area (TPSA) is 61.8 Å². The first-order valence-electron chi connectivity index (χ1n) is 7.90. The number of likely N-dealkylation sites (tertiary alicyclic amines) is 1. The second-order valence-electron chi connectivity index (χ2n) is 6.26. The number of carbonyl (C=O) groups is 1. The number of carbonyl (C=O) groups excluding carboxylic acids is 1. The molecule has 5 heteroatoms. The number of nitrogens with zero attached hydrogens (tertiary/aromatic N) is 1. The Morgan fingerprint density at radius 2 is 2.18 bits per heavy atom. The zero-order valence-electron chi connectivity index (χ0n) is 13.6. The monoisotopic (exact) mass is 306 g/mol. The Hall–Kier alpha value is -1.59. The van der Waals surface area contributed by atoms with E-state index in [9.17, 15) is 9.90 Å². The number of ether oxygens (including phenoxy) is 1. The average molecular weight is 306 g/mol. The highest BCUT2D eigenvalue weighted by atomic mass is 16.5. The summed E-state index contributed by atoms with van der Waals surface area (Å²) in [5, 5.41) is 13.1. The molecule has 1 unspecified atom stereocenters. The van der Waals surface area contributed by atoms with Crippen molar-refractivity contribution in [1.82, 2.24) is 4.90 Å². The number of anilines is 1. The van der Waals surface area contributed by atoms with Gasteiger partial charge < -0.3 is 15.2 Å². The van der Waals surface area contributed by atoms with E-state index in [1.165, 1.54) is 0 Å². The van der Waals surface area contributed by atoms with Crippen LogP contribution in [0.15, 0.2) is 24.3 Å². The highest BCUT2D eigenvalue weighted by Gasteiger charge is 2.36. The van der Waals surface area contributed by atoms with Gasteiger partial charge in [-0.15, -0.1) is 0 Å². The van der Waals surface area contributed by atoms with Gasteiger partial charge in [-0.05, 0) is 52.3 Å². The van der Waals surface area contributed by atoms with Crippen LogP contribution in [0.25, 0.3) is 0 Å². The van der Waals surface area contributed by atoms with Crippen LogP contribution in [0.3, 0.4) is 0 Å². The van der Waals surface area contributed by atoms with E-state index in [4.69, 9.17) is 4.74 Å². The van der Waals surface area contributed by atoms with Crippen molar-refractivity contribution in [3.8, 4) is 5.75 Å². The molecule has 0 saturated carbocycles. The van der Waals surface area contributed by atoms with Crippen molar-refractivity contribution in [3.63, 3.8) is 0 Å². The summed E-state index contributed by atoms with van der Waals surface area (Å²) in [5.74, 6) is 0.599. The quantitative estimate of drug-likeness (QED) is 0.846. The largest absolute Gasteiger partial charge is 0.492 e. The molecular formula is C17H26N2O3. The molecule has 0 spiro atoms. The van der Waals surface area contributed by atoms with Gasteiger partial charge in [0, 0.05) is 6.04 Å². The van der Waals surface area contributed by atoms with E-state index in [1.807, 2.05) is 31.2 Å². The molecule has 122 valence electrons. The van der Waals surface area contributed by atoms with Crippen LogP contribution in [0, 0.1) is 0 Å². The molecule has 0 aliphatic carbocycles. The van der Waals surface area contributed by atoms with Gasteiger partial charge in [-0.3, -0.25) is 9.69 Å². The van der Waals surface area contributed by atoms with Gasteiger partial charge in [0.1, 0.15) is 5.75 Å². The predicted molar refractivity (Wildman–Crippen MR) is 87.1 cm³/mol. The van der Waals surface area contributed by atoms with Crippen molar-refractivity contribution < 1.29 is 14.6 Å². The van der Waals surface area contributed by atoms with E-state index in [1.54, 1.807) is 13.8 Å². The first kappa shape index (κ1) is 16.8. The van der Waals surface area contributed by atoms with Crippen LogP contribution in [0.5, 0.6) is 5.75 Å². The normalized spacial score (nSPS) is 19.2. The predicted octanol–water partition coefficient (Wildman–Crippen LogP) is 2.26. The number of rotatable bonds is 6. The van der Waals surface area contributed by atoms with Crippen molar-refractivity contribution >= 4 is 11.6 Å². The summed E-state index contributed by atoms with van der Waals surface area (Å²) in [6, 6.07) is 7.45. The van der Waals surface area contributed by atoms with Gasteiger partial charge in [-0.25, -0.2) is 0 Å². The summed E-state index contributed by atoms with van der Waals surface area (Å²) >= 11 is 0. The lowest BCUT2D eigenvalue weighted by Crippen LogP contribution is -2.48. The van der Waals surface area contributed by atoms with E-state index in [2.05, 4.69) is 10.2 Å². The Morgan fingerprint density at radius 3 is 2.86 bits per heavy atom. The highest BCUT2D eigenvalue weighted by molar-refractivity contribution is 5.93. The molecule has 1 aromatic rings. The van der Waals surface area contributed by atoms with Crippen LogP contribution in [0.1, 0.15) is 33.6 Å². The van der Waals surface area contributed by atoms with Gasteiger partial charge in [0.15, 0.2) is 0 Å². The van der Waals surface area contributed by atoms with Crippen LogP contribution in [0.2, 0.25) is 0 Å². The van der Waals surface area contributed by atoms with Crippen LogP contribution in [-0.2, 0) is 4.79 Å². The number of para-hydroxylation sites is 2. The number of amides is 1. The maximum atomic E-state index is 12.3. The summed E-state index contributed by atoms with van der Waals surface area (Å²) in [4.78, 5) is 14.4. The molecule has 1 heterocycles. The number of hydrogen-bond acceptors (Lipinski definition) is 4. The number of hydrogen-bond donors (Lipinski definition) is 2. The van der Waals surface area contributed by atoms with Gasteiger partial charge in [0.2, 0.25) is 5.91 Å². The Balaban J connectivity index is 1.99. The van der Waals surface area contributed by atoms with Gasteiger partial charge in [-0.2, -0.15) is 0 Å².